The average molecular weight is 260 g/mol. The summed E-state index contributed by atoms with van der Waals surface area (Å²) in [5.41, 5.74) is 1.42. The number of hydrogen-bond donors (Lipinski definition) is 1. The molecule has 1 aromatic heterocycles. The first-order valence-corrected chi connectivity index (χ1v) is 7.38. The molecule has 1 heterocycles. The summed E-state index contributed by atoms with van der Waals surface area (Å²) in [7, 11) is 0. The van der Waals surface area contributed by atoms with Gasteiger partial charge in [0.2, 0.25) is 0 Å². The zero-order chi connectivity index (χ0) is 12.6. The molecule has 0 bridgehead atoms. The zero-order valence-corrected chi connectivity index (χ0v) is 11.6. The highest BCUT2D eigenvalue weighted by Gasteiger charge is 2.02. The van der Waals surface area contributed by atoms with Gasteiger partial charge < -0.3 is 5.32 Å². The first-order chi connectivity index (χ1) is 8.84. The van der Waals surface area contributed by atoms with Gasteiger partial charge >= 0.3 is 0 Å². The number of thiazole rings is 1. The van der Waals surface area contributed by atoms with Gasteiger partial charge in [-0.1, -0.05) is 30.3 Å². The van der Waals surface area contributed by atoms with Crippen LogP contribution in [0.15, 0.2) is 41.9 Å². The van der Waals surface area contributed by atoms with Crippen molar-refractivity contribution < 1.29 is 0 Å². The van der Waals surface area contributed by atoms with Gasteiger partial charge in [-0.3, -0.25) is 0 Å². The second-order valence-corrected chi connectivity index (χ2v) is 5.53. The molecule has 1 unspecified atom stereocenters. The van der Waals surface area contributed by atoms with Gasteiger partial charge in [0.1, 0.15) is 0 Å². The van der Waals surface area contributed by atoms with Crippen molar-refractivity contribution in [2.45, 2.75) is 32.2 Å². The molecular formula is C15H20N2S. The van der Waals surface area contributed by atoms with Gasteiger partial charge in [-0.15, -0.1) is 11.3 Å². The van der Waals surface area contributed by atoms with Crippen LogP contribution < -0.4 is 5.32 Å². The van der Waals surface area contributed by atoms with Crippen molar-refractivity contribution >= 4 is 11.3 Å². The summed E-state index contributed by atoms with van der Waals surface area (Å²) in [6, 6.07) is 11.2. The van der Waals surface area contributed by atoms with E-state index in [2.05, 4.69) is 47.6 Å². The Morgan fingerprint density at radius 3 is 2.78 bits per heavy atom. The predicted molar refractivity (Wildman–Crippen MR) is 78.0 cm³/mol. The molecule has 1 aromatic carbocycles. The van der Waals surface area contributed by atoms with Gasteiger partial charge in [0.25, 0.3) is 0 Å². The second kappa shape index (κ2) is 7.29. The molecule has 0 amide bonds. The summed E-state index contributed by atoms with van der Waals surface area (Å²) in [6.07, 6.45) is 5.24. The molecule has 1 atom stereocenters. The predicted octanol–water partition coefficient (Wildman–Crippen LogP) is 3.30. The third kappa shape index (κ3) is 4.59. The molecule has 0 fully saturated rings. The van der Waals surface area contributed by atoms with Gasteiger partial charge in [0.05, 0.1) is 5.01 Å². The first-order valence-electron chi connectivity index (χ1n) is 6.50. The van der Waals surface area contributed by atoms with E-state index in [0.29, 0.717) is 6.04 Å². The van der Waals surface area contributed by atoms with Crippen molar-refractivity contribution in [1.82, 2.24) is 10.3 Å². The number of aromatic nitrogens is 1. The summed E-state index contributed by atoms with van der Waals surface area (Å²) in [4.78, 5) is 4.29. The molecule has 0 saturated carbocycles. The Morgan fingerprint density at radius 1 is 1.22 bits per heavy atom. The lowest BCUT2D eigenvalue weighted by molar-refractivity contribution is 0.517. The number of nitrogens with one attached hydrogen (secondary N) is 1. The van der Waals surface area contributed by atoms with Crippen molar-refractivity contribution in [3.8, 4) is 0 Å². The topological polar surface area (TPSA) is 24.9 Å². The van der Waals surface area contributed by atoms with E-state index in [1.807, 2.05) is 11.6 Å². The summed E-state index contributed by atoms with van der Waals surface area (Å²) >= 11 is 1.73. The highest BCUT2D eigenvalue weighted by Crippen LogP contribution is 2.06. The van der Waals surface area contributed by atoms with E-state index in [0.717, 1.165) is 19.4 Å². The smallest absolute Gasteiger partial charge is 0.0937 e. The summed E-state index contributed by atoms with van der Waals surface area (Å²) in [5.74, 6) is 0. The van der Waals surface area contributed by atoms with Crippen LogP contribution in [0, 0.1) is 0 Å². The lowest BCUT2D eigenvalue weighted by Crippen LogP contribution is -2.28. The van der Waals surface area contributed by atoms with Crippen LogP contribution in [0.25, 0.3) is 0 Å². The van der Waals surface area contributed by atoms with E-state index in [9.17, 15) is 0 Å². The van der Waals surface area contributed by atoms with Crippen LogP contribution in [0.2, 0.25) is 0 Å². The lowest BCUT2D eigenvalue weighted by atomic mass is 10.1. The van der Waals surface area contributed by atoms with E-state index < -0.39 is 0 Å². The molecule has 0 aliphatic carbocycles. The first kappa shape index (κ1) is 13.2. The third-order valence-corrected chi connectivity index (χ3v) is 3.86. The molecule has 1 N–H and O–H groups in total. The molecule has 96 valence electrons. The normalized spacial score (nSPS) is 12.5. The maximum absolute atomic E-state index is 4.29. The maximum Gasteiger partial charge on any atom is 0.0937 e. The molecule has 0 radical (unpaired) electrons. The van der Waals surface area contributed by atoms with Crippen molar-refractivity contribution in [3.63, 3.8) is 0 Å². The van der Waals surface area contributed by atoms with Crippen LogP contribution in [-0.2, 0) is 12.8 Å². The van der Waals surface area contributed by atoms with Crippen molar-refractivity contribution in [3.05, 3.63) is 52.5 Å². The minimum absolute atomic E-state index is 0.560. The minimum Gasteiger partial charge on any atom is -0.314 e. The number of rotatable bonds is 7. The molecule has 0 aliphatic rings. The second-order valence-electron chi connectivity index (χ2n) is 4.56. The molecule has 0 saturated heterocycles. The summed E-state index contributed by atoms with van der Waals surface area (Å²) in [6.45, 7) is 3.27. The number of nitrogens with zero attached hydrogens (tertiary/aromatic N) is 1. The molecular weight excluding hydrogens is 240 g/mol. The Balaban J connectivity index is 1.62. The Hall–Kier alpha value is -1.19. The van der Waals surface area contributed by atoms with E-state index >= 15 is 0 Å². The number of aryl methyl sites for hydroxylation is 1. The molecule has 0 spiro atoms. The molecule has 2 aromatic rings. The number of hydrogen-bond acceptors (Lipinski definition) is 3. The zero-order valence-electron chi connectivity index (χ0n) is 10.8. The summed E-state index contributed by atoms with van der Waals surface area (Å²) in [5, 5.41) is 6.81. The highest BCUT2D eigenvalue weighted by atomic mass is 32.1. The van der Waals surface area contributed by atoms with Crippen LogP contribution in [0.4, 0.5) is 0 Å². The Kier molecular flexibility index (Phi) is 5.36. The Labute approximate surface area is 113 Å². The van der Waals surface area contributed by atoms with E-state index in [1.165, 1.54) is 17.0 Å². The van der Waals surface area contributed by atoms with Gasteiger partial charge in [0, 0.05) is 30.6 Å². The Bertz CT molecular complexity index is 425. The maximum atomic E-state index is 4.29. The van der Waals surface area contributed by atoms with Gasteiger partial charge in [-0.2, -0.15) is 0 Å². The highest BCUT2D eigenvalue weighted by molar-refractivity contribution is 7.09. The van der Waals surface area contributed by atoms with Crippen LogP contribution in [0.1, 0.15) is 23.9 Å². The van der Waals surface area contributed by atoms with Crippen LogP contribution >= 0.6 is 11.3 Å². The van der Waals surface area contributed by atoms with E-state index in [-0.39, 0.29) is 0 Å². The number of benzene rings is 1. The van der Waals surface area contributed by atoms with E-state index in [1.54, 1.807) is 11.3 Å². The monoisotopic (exact) mass is 260 g/mol. The van der Waals surface area contributed by atoms with Crippen molar-refractivity contribution in [2.75, 3.05) is 6.54 Å². The van der Waals surface area contributed by atoms with E-state index in [4.69, 9.17) is 0 Å². The fourth-order valence-electron chi connectivity index (χ4n) is 1.93. The lowest BCUT2D eigenvalue weighted by Gasteiger charge is -2.13. The van der Waals surface area contributed by atoms with Crippen LogP contribution in [0.5, 0.6) is 0 Å². The van der Waals surface area contributed by atoms with Gasteiger partial charge in [-0.05, 0) is 25.3 Å². The third-order valence-electron chi connectivity index (χ3n) is 3.02. The SMILES string of the molecule is CC(CCc1ccccc1)NCCc1nccs1. The van der Waals surface area contributed by atoms with Gasteiger partial charge in [-0.25, -0.2) is 4.98 Å². The molecule has 0 aliphatic heterocycles. The quantitative estimate of drug-likeness (QED) is 0.826. The van der Waals surface area contributed by atoms with Crippen molar-refractivity contribution in [2.24, 2.45) is 0 Å². The molecule has 3 heteroatoms. The minimum atomic E-state index is 0.560. The van der Waals surface area contributed by atoms with Crippen LogP contribution in [-0.4, -0.2) is 17.6 Å². The largest absolute Gasteiger partial charge is 0.314 e. The molecule has 18 heavy (non-hydrogen) atoms. The fraction of sp³-hybridized carbons (Fsp3) is 0.400. The Morgan fingerprint density at radius 2 is 2.06 bits per heavy atom. The van der Waals surface area contributed by atoms with Gasteiger partial charge in [0.15, 0.2) is 0 Å². The summed E-state index contributed by atoms with van der Waals surface area (Å²) < 4.78 is 0. The van der Waals surface area contributed by atoms with Crippen LogP contribution in [0.3, 0.4) is 0 Å². The average Bonchev–Trinajstić information content (AvgIpc) is 2.91. The standard InChI is InChI=1S/C15H20N2S/c1-13(7-8-14-5-3-2-4-6-14)16-10-9-15-17-11-12-18-15/h2-6,11-13,16H,7-10H2,1H3. The van der Waals surface area contributed by atoms with Crippen molar-refractivity contribution in [1.29, 1.82) is 0 Å². The fourth-order valence-corrected chi connectivity index (χ4v) is 2.55. The molecule has 2 rings (SSSR count). The molecule has 2 nitrogen and oxygen atoms in total.